The van der Waals surface area contributed by atoms with Crippen LogP contribution in [0.4, 0.5) is 11.5 Å². The van der Waals surface area contributed by atoms with Crippen LogP contribution in [-0.4, -0.2) is 16.2 Å². The summed E-state index contributed by atoms with van der Waals surface area (Å²) < 4.78 is 7.77. The van der Waals surface area contributed by atoms with Crippen molar-refractivity contribution in [3.8, 4) is 11.1 Å². The number of nitrogens with zero attached hydrogens (tertiary/aromatic N) is 2. The molecular weight excluding hydrogens is 563 g/mol. The summed E-state index contributed by atoms with van der Waals surface area (Å²) in [6, 6.07) is 34.0. The van der Waals surface area contributed by atoms with Gasteiger partial charge in [-0.05, 0) is 47.5 Å². The van der Waals surface area contributed by atoms with Crippen molar-refractivity contribution in [2.24, 2.45) is 4.99 Å². The Morgan fingerprint density at radius 1 is 0.651 bits per heavy atom. The molecule has 0 radical (unpaired) electrons. The third kappa shape index (κ3) is 2.86. The largest absolute Gasteiger partial charge is 0.357 e. The van der Waals surface area contributed by atoms with E-state index in [0.29, 0.717) is 0 Å². The Labute approximate surface area is 253 Å². The number of hydrogen-bond acceptors (Lipinski definition) is 4. The molecule has 4 aromatic heterocycles. The molecule has 9 aromatic rings. The van der Waals surface area contributed by atoms with E-state index in [1.54, 1.807) is 0 Å². The number of thiophene rings is 2. The summed E-state index contributed by atoms with van der Waals surface area (Å²) in [5.74, 6) is 1.09. The van der Waals surface area contributed by atoms with Crippen molar-refractivity contribution < 1.29 is 0 Å². The van der Waals surface area contributed by atoms with Gasteiger partial charge in [-0.2, -0.15) is 0 Å². The molecule has 1 atom stereocenters. The van der Waals surface area contributed by atoms with E-state index < -0.39 is 0 Å². The number of para-hydroxylation sites is 1. The summed E-state index contributed by atoms with van der Waals surface area (Å²) in [5, 5.41) is 13.0. The van der Waals surface area contributed by atoms with Crippen LogP contribution in [0.3, 0.4) is 0 Å². The molecule has 1 aliphatic carbocycles. The van der Waals surface area contributed by atoms with Crippen molar-refractivity contribution in [2.45, 2.75) is 6.04 Å². The molecule has 5 heterocycles. The Morgan fingerprint density at radius 3 is 2.28 bits per heavy atom. The minimum Gasteiger partial charge on any atom is -0.357 e. The van der Waals surface area contributed by atoms with E-state index in [-0.39, 0.29) is 6.04 Å². The van der Waals surface area contributed by atoms with Crippen LogP contribution in [0.25, 0.3) is 78.7 Å². The number of aromatic nitrogens is 1. The van der Waals surface area contributed by atoms with Gasteiger partial charge in [-0.1, -0.05) is 78.9 Å². The van der Waals surface area contributed by atoms with Gasteiger partial charge in [-0.15, -0.1) is 22.7 Å². The van der Waals surface area contributed by atoms with Crippen LogP contribution in [0.2, 0.25) is 0 Å². The molecular formula is C38H21N3S2. The molecule has 0 saturated heterocycles. The van der Waals surface area contributed by atoms with Gasteiger partial charge in [-0.25, -0.2) is 4.99 Å². The van der Waals surface area contributed by atoms with Crippen LogP contribution in [0, 0.1) is 0 Å². The summed E-state index contributed by atoms with van der Waals surface area (Å²) in [5.41, 5.74) is 7.15. The van der Waals surface area contributed by atoms with E-state index in [4.69, 9.17) is 4.99 Å². The maximum Gasteiger partial charge on any atom is 0.138 e. The van der Waals surface area contributed by atoms with E-state index in [9.17, 15) is 0 Å². The zero-order valence-electron chi connectivity index (χ0n) is 22.8. The minimum absolute atomic E-state index is 0.0985. The fraction of sp³-hybridized carbons (Fsp3) is 0.0263. The van der Waals surface area contributed by atoms with E-state index in [0.717, 1.165) is 17.2 Å². The molecule has 5 aromatic carbocycles. The number of fused-ring (bicyclic) bond motifs is 14. The maximum atomic E-state index is 5.23. The van der Waals surface area contributed by atoms with Crippen molar-refractivity contribution in [1.82, 2.24) is 4.40 Å². The lowest BCUT2D eigenvalue weighted by Crippen LogP contribution is -2.30. The Kier molecular flexibility index (Phi) is 4.15. The zero-order chi connectivity index (χ0) is 27.8. The molecule has 0 fully saturated rings. The van der Waals surface area contributed by atoms with Gasteiger partial charge in [0.15, 0.2) is 0 Å². The standard InChI is InChI=1S/C38H21N3S2/c1-5-11-30-25(8-1)34-36-27(35-38(41(30)36)40-29-10-4-3-9-28(29)39-35)19-26-24-16-14-21(18-33(24)43-37(26)34)20-13-15-23-22-7-2-6-12-31(22)42-32(23)17-20/h1-19,29,40H. The molecule has 2 aliphatic rings. The summed E-state index contributed by atoms with van der Waals surface area (Å²) in [6.45, 7) is 0. The normalized spacial score (nSPS) is 16.3. The number of benzene rings is 5. The van der Waals surface area contributed by atoms with Crippen LogP contribution in [-0.2, 0) is 0 Å². The molecule has 0 amide bonds. The Bertz CT molecular complexity index is 2770. The van der Waals surface area contributed by atoms with Gasteiger partial charge >= 0.3 is 0 Å². The van der Waals surface area contributed by atoms with Crippen molar-refractivity contribution in [1.29, 1.82) is 0 Å². The third-order valence-electron chi connectivity index (χ3n) is 9.32. The number of allylic oxidation sites excluding steroid dienone is 2. The molecule has 0 saturated carbocycles. The number of anilines is 1. The van der Waals surface area contributed by atoms with Gasteiger partial charge in [0.25, 0.3) is 0 Å². The second-order valence-corrected chi connectivity index (χ2v) is 13.7. The molecule has 5 heteroatoms. The highest BCUT2D eigenvalue weighted by atomic mass is 32.1. The first-order valence-corrected chi connectivity index (χ1v) is 16.2. The minimum atomic E-state index is 0.0985. The SMILES string of the molecule is C1=CC2=Nc3c(n4c5ccccc5c5c6sc7cc(-c8ccc9c(c8)sc8ccccc89)ccc7c6cc3c54)NC2C=C1. The third-order valence-corrected chi connectivity index (χ3v) is 11.6. The van der Waals surface area contributed by atoms with Crippen molar-refractivity contribution in [3.05, 3.63) is 115 Å². The molecule has 200 valence electrons. The average Bonchev–Trinajstić information content (AvgIpc) is 3.79. The molecule has 1 unspecified atom stereocenters. The monoisotopic (exact) mass is 583 g/mol. The number of hydrogen-bond donors (Lipinski definition) is 1. The fourth-order valence-corrected chi connectivity index (χ4v) is 9.82. The van der Waals surface area contributed by atoms with Gasteiger partial charge < -0.3 is 5.32 Å². The number of rotatable bonds is 1. The van der Waals surface area contributed by atoms with Crippen LogP contribution < -0.4 is 5.32 Å². The van der Waals surface area contributed by atoms with Crippen molar-refractivity contribution >= 4 is 107 Å². The number of aliphatic imine (C=N–C) groups is 1. The average molecular weight is 584 g/mol. The first-order valence-electron chi connectivity index (χ1n) is 14.6. The van der Waals surface area contributed by atoms with Gasteiger partial charge in [0.1, 0.15) is 11.5 Å². The highest BCUT2D eigenvalue weighted by Crippen LogP contribution is 2.52. The molecule has 0 bridgehead atoms. The lowest BCUT2D eigenvalue weighted by Gasteiger charge is -2.23. The molecule has 11 rings (SSSR count). The van der Waals surface area contributed by atoms with E-state index in [1.807, 2.05) is 22.7 Å². The fourth-order valence-electron chi connectivity index (χ4n) is 7.40. The van der Waals surface area contributed by atoms with E-state index >= 15 is 0 Å². The highest BCUT2D eigenvalue weighted by Gasteiger charge is 2.30. The summed E-state index contributed by atoms with van der Waals surface area (Å²) in [4.78, 5) is 5.23. The smallest absolute Gasteiger partial charge is 0.138 e. The van der Waals surface area contributed by atoms with Crippen molar-refractivity contribution in [2.75, 3.05) is 5.32 Å². The predicted octanol–water partition coefficient (Wildman–Crippen LogP) is 11.1. The number of nitrogens with one attached hydrogen (secondary N) is 1. The first kappa shape index (κ1) is 22.6. The topological polar surface area (TPSA) is 28.8 Å². The van der Waals surface area contributed by atoms with E-state index in [2.05, 4.69) is 125 Å². The second-order valence-electron chi connectivity index (χ2n) is 11.6. The molecule has 43 heavy (non-hydrogen) atoms. The lowest BCUT2D eigenvalue weighted by molar-refractivity contribution is 1.09. The molecule has 3 nitrogen and oxygen atoms in total. The summed E-state index contributed by atoms with van der Waals surface area (Å²) in [7, 11) is 0. The van der Waals surface area contributed by atoms with Crippen LogP contribution in [0.5, 0.6) is 0 Å². The Hall–Kier alpha value is -4.97. The van der Waals surface area contributed by atoms with Gasteiger partial charge in [0.2, 0.25) is 0 Å². The van der Waals surface area contributed by atoms with Crippen LogP contribution in [0.1, 0.15) is 0 Å². The van der Waals surface area contributed by atoms with Crippen LogP contribution >= 0.6 is 22.7 Å². The first-order chi connectivity index (χ1) is 21.3. The quantitative estimate of drug-likeness (QED) is 0.205. The Morgan fingerprint density at radius 2 is 1.40 bits per heavy atom. The maximum absolute atomic E-state index is 5.23. The van der Waals surface area contributed by atoms with Gasteiger partial charge in [0, 0.05) is 56.5 Å². The van der Waals surface area contributed by atoms with Gasteiger partial charge in [0.05, 0.1) is 22.8 Å². The second kappa shape index (κ2) is 7.90. The predicted molar refractivity (Wildman–Crippen MR) is 188 cm³/mol. The van der Waals surface area contributed by atoms with Crippen LogP contribution in [0.15, 0.2) is 120 Å². The molecule has 0 spiro atoms. The summed E-state index contributed by atoms with van der Waals surface area (Å²) >= 11 is 3.80. The highest BCUT2D eigenvalue weighted by molar-refractivity contribution is 7.27. The zero-order valence-corrected chi connectivity index (χ0v) is 24.4. The molecule has 1 aliphatic heterocycles. The Balaban J connectivity index is 1.18. The van der Waals surface area contributed by atoms with Crippen molar-refractivity contribution in [3.63, 3.8) is 0 Å². The molecule has 1 N–H and O–H groups in total. The van der Waals surface area contributed by atoms with Gasteiger partial charge in [-0.3, -0.25) is 4.40 Å². The van der Waals surface area contributed by atoms with E-state index in [1.165, 1.54) is 78.7 Å². The summed E-state index contributed by atoms with van der Waals surface area (Å²) in [6.07, 6.45) is 8.50. The lowest BCUT2D eigenvalue weighted by atomic mass is 10.0.